The van der Waals surface area contributed by atoms with Crippen LogP contribution in [0.4, 0.5) is 0 Å². The van der Waals surface area contributed by atoms with Gasteiger partial charge in [-0.05, 0) is 29.7 Å². The van der Waals surface area contributed by atoms with Gasteiger partial charge in [-0.2, -0.15) is 0 Å². The molecule has 0 N–H and O–H groups in total. The molecule has 4 rings (SSSR count). The van der Waals surface area contributed by atoms with E-state index in [9.17, 15) is 9.59 Å². The minimum Gasteiger partial charge on any atom is -0.497 e. The number of carbonyl (C=O) groups is 2. The van der Waals surface area contributed by atoms with Crippen molar-refractivity contribution in [2.75, 3.05) is 13.7 Å². The molecule has 1 saturated carbocycles. The van der Waals surface area contributed by atoms with Gasteiger partial charge in [0.25, 0.3) is 0 Å². The lowest BCUT2D eigenvalue weighted by atomic mass is 9.62. The minimum atomic E-state index is -0.501. The van der Waals surface area contributed by atoms with E-state index in [1.165, 1.54) is 5.56 Å². The first-order chi connectivity index (χ1) is 10.1. The summed E-state index contributed by atoms with van der Waals surface area (Å²) in [6.07, 6.45) is 1.40. The lowest BCUT2D eigenvalue weighted by Gasteiger charge is -2.45. The van der Waals surface area contributed by atoms with E-state index in [1.54, 1.807) is 7.11 Å². The van der Waals surface area contributed by atoms with Gasteiger partial charge >= 0.3 is 0 Å². The van der Waals surface area contributed by atoms with Crippen molar-refractivity contribution in [1.82, 2.24) is 4.90 Å². The number of carbonyl (C=O) groups excluding carboxylic acids is 2. The Balaban J connectivity index is 1.97. The number of hydrogen-bond acceptors (Lipinski definition) is 4. The van der Waals surface area contributed by atoms with Crippen LogP contribution in [0.1, 0.15) is 30.4 Å². The van der Waals surface area contributed by atoms with E-state index in [4.69, 9.17) is 4.74 Å². The molecule has 1 saturated heterocycles. The summed E-state index contributed by atoms with van der Waals surface area (Å²) in [5.74, 6) is 0.934. The van der Waals surface area contributed by atoms with Crippen molar-refractivity contribution in [1.29, 1.82) is 0 Å². The van der Waals surface area contributed by atoms with Crippen LogP contribution in [-0.2, 0) is 21.5 Å². The fourth-order valence-electron chi connectivity index (χ4n) is 4.35. The largest absolute Gasteiger partial charge is 0.497 e. The Labute approximate surface area is 131 Å². The minimum absolute atomic E-state index is 0.0396. The standard InChI is InChI=1S/C16H16BrNO3/c1-21-10-6-12-11(13(17)7-10)8-18-3-2-16(12)14(18)4-9(19)5-15(16)20/h6-7,14H,2-5,8H2,1H3. The van der Waals surface area contributed by atoms with Crippen molar-refractivity contribution in [3.05, 3.63) is 27.7 Å². The molecule has 21 heavy (non-hydrogen) atoms. The van der Waals surface area contributed by atoms with Gasteiger partial charge in [-0.15, -0.1) is 0 Å². The molecule has 2 heterocycles. The molecule has 2 bridgehead atoms. The number of benzene rings is 1. The van der Waals surface area contributed by atoms with E-state index in [0.717, 1.165) is 35.3 Å². The molecule has 3 unspecified atom stereocenters. The second-order valence-corrected chi connectivity index (χ2v) is 7.04. The van der Waals surface area contributed by atoms with E-state index in [0.29, 0.717) is 6.42 Å². The Bertz CT molecular complexity index is 672. The van der Waals surface area contributed by atoms with E-state index in [2.05, 4.69) is 20.8 Å². The maximum atomic E-state index is 12.8. The maximum absolute atomic E-state index is 12.8. The number of nitrogens with zero attached hydrogens (tertiary/aromatic N) is 1. The zero-order valence-corrected chi connectivity index (χ0v) is 13.4. The normalized spacial score (nSPS) is 33.6. The first-order valence-electron chi connectivity index (χ1n) is 7.22. The lowest BCUT2D eigenvalue weighted by Crippen LogP contribution is -2.55. The Morgan fingerprint density at radius 1 is 1.38 bits per heavy atom. The summed E-state index contributed by atoms with van der Waals surface area (Å²) >= 11 is 3.62. The quantitative estimate of drug-likeness (QED) is 0.729. The molecule has 110 valence electrons. The van der Waals surface area contributed by atoms with Crippen molar-refractivity contribution in [2.24, 2.45) is 0 Å². The predicted octanol–water partition coefficient (Wildman–Crippen LogP) is 2.22. The van der Waals surface area contributed by atoms with E-state index in [1.807, 2.05) is 12.1 Å². The van der Waals surface area contributed by atoms with Crippen LogP contribution in [0.25, 0.3) is 0 Å². The van der Waals surface area contributed by atoms with E-state index >= 15 is 0 Å². The van der Waals surface area contributed by atoms with Gasteiger partial charge in [-0.1, -0.05) is 15.9 Å². The Morgan fingerprint density at radius 2 is 2.19 bits per heavy atom. The molecular formula is C16H16BrNO3. The van der Waals surface area contributed by atoms with Gasteiger partial charge in [-0.3, -0.25) is 14.5 Å². The molecule has 0 amide bonds. The second-order valence-electron chi connectivity index (χ2n) is 6.19. The van der Waals surface area contributed by atoms with Crippen LogP contribution in [0, 0.1) is 0 Å². The van der Waals surface area contributed by atoms with Gasteiger partial charge in [-0.25, -0.2) is 0 Å². The number of ketones is 2. The van der Waals surface area contributed by atoms with Crippen molar-refractivity contribution in [2.45, 2.75) is 37.3 Å². The average Bonchev–Trinajstić information content (AvgIpc) is 2.71. The van der Waals surface area contributed by atoms with Crippen LogP contribution < -0.4 is 4.74 Å². The zero-order chi connectivity index (χ0) is 14.8. The smallest absolute Gasteiger partial charge is 0.152 e. The van der Waals surface area contributed by atoms with Gasteiger partial charge in [0.15, 0.2) is 5.78 Å². The Kier molecular flexibility index (Phi) is 2.82. The molecule has 3 aliphatic rings. The molecule has 3 atom stereocenters. The Morgan fingerprint density at radius 3 is 2.95 bits per heavy atom. The number of halogens is 1. The summed E-state index contributed by atoms with van der Waals surface area (Å²) in [7, 11) is 1.64. The topological polar surface area (TPSA) is 46.6 Å². The van der Waals surface area contributed by atoms with Crippen LogP contribution >= 0.6 is 15.9 Å². The lowest BCUT2D eigenvalue weighted by molar-refractivity contribution is -0.136. The fourth-order valence-corrected chi connectivity index (χ4v) is 4.92. The van der Waals surface area contributed by atoms with Crippen LogP contribution in [0.3, 0.4) is 0 Å². The Hall–Kier alpha value is -1.20. The number of rotatable bonds is 1. The van der Waals surface area contributed by atoms with Crippen LogP contribution in [0.5, 0.6) is 5.75 Å². The summed E-state index contributed by atoms with van der Waals surface area (Å²) < 4.78 is 6.37. The summed E-state index contributed by atoms with van der Waals surface area (Å²) in [5.41, 5.74) is 1.75. The SMILES string of the molecule is COc1cc(Br)c2c(c1)C13CCN(C2)C1CC(=O)CC3=O. The number of fused-ring (bicyclic) bond motifs is 1. The summed E-state index contributed by atoms with van der Waals surface area (Å²) in [4.78, 5) is 27.0. The van der Waals surface area contributed by atoms with Crippen molar-refractivity contribution < 1.29 is 14.3 Å². The third-order valence-electron chi connectivity index (χ3n) is 5.33. The predicted molar refractivity (Wildman–Crippen MR) is 80.4 cm³/mol. The molecule has 0 radical (unpaired) electrons. The molecule has 0 spiro atoms. The monoisotopic (exact) mass is 349 g/mol. The first-order valence-corrected chi connectivity index (χ1v) is 8.01. The van der Waals surface area contributed by atoms with Crippen LogP contribution in [0.15, 0.2) is 16.6 Å². The van der Waals surface area contributed by atoms with Gasteiger partial charge in [0, 0.05) is 30.0 Å². The molecule has 2 fully saturated rings. The zero-order valence-electron chi connectivity index (χ0n) is 11.8. The van der Waals surface area contributed by atoms with Gasteiger partial charge < -0.3 is 4.74 Å². The molecule has 4 nitrogen and oxygen atoms in total. The van der Waals surface area contributed by atoms with Crippen molar-refractivity contribution in [3.63, 3.8) is 0 Å². The molecule has 2 aliphatic heterocycles. The molecule has 5 heteroatoms. The van der Waals surface area contributed by atoms with E-state index in [-0.39, 0.29) is 24.0 Å². The maximum Gasteiger partial charge on any atom is 0.152 e. The highest BCUT2D eigenvalue weighted by Crippen LogP contribution is 2.53. The van der Waals surface area contributed by atoms with Crippen molar-refractivity contribution >= 4 is 27.5 Å². The fraction of sp³-hybridized carbons (Fsp3) is 0.500. The second kappa shape index (κ2) is 4.40. The van der Waals surface area contributed by atoms with Crippen LogP contribution in [0.2, 0.25) is 0 Å². The highest BCUT2D eigenvalue weighted by atomic mass is 79.9. The highest BCUT2D eigenvalue weighted by molar-refractivity contribution is 9.10. The number of hydrogen-bond donors (Lipinski definition) is 0. The van der Waals surface area contributed by atoms with Crippen LogP contribution in [-0.4, -0.2) is 36.2 Å². The number of Topliss-reactive ketones (excluding diaryl/α,β-unsaturated/α-hetero) is 2. The first kappa shape index (κ1) is 13.5. The van der Waals surface area contributed by atoms with Gasteiger partial charge in [0.2, 0.25) is 0 Å². The highest BCUT2D eigenvalue weighted by Gasteiger charge is 2.59. The molecular weight excluding hydrogens is 334 g/mol. The molecule has 1 aliphatic carbocycles. The summed E-state index contributed by atoms with van der Waals surface area (Å²) in [5, 5.41) is 0. The molecule has 0 aromatic heterocycles. The third kappa shape index (κ3) is 1.64. The molecule has 1 aromatic rings. The number of methoxy groups -OCH3 is 1. The molecule has 1 aromatic carbocycles. The van der Waals surface area contributed by atoms with E-state index < -0.39 is 5.41 Å². The average molecular weight is 350 g/mol. The summed E-state index contributed by atoms with van der Waals surface area (Å²) in [6, 6.07) is 4.00. The van der Waals surface area contributed by atoms with Gasteiger partial charge in [0.1, 0.15) is 11.5 Å². The third-order valence-corrected chi connectivity index (χ3v) is 6.03. The van der Waals surface area contributed by atoms with Gasteiger partial charge in [0.05, 0.1) is 18.9 Å². The van der Waals surface area contributed by atoms with Crippen molar-refractivity contribution in [3.8, 4) is 5.75 Å². The number of ether oxygens (including phenoxy) is 1. The summed E-state index contributed by atoms with van der Waals surface area (Å²) in [6.45, 7) is 1.68.